The largest absolute Gasteiger partial charge is 0.496 e. The van der Waals surface area contributed by atoms with Crippen molar-refractivity contribution in [2.75, 3.05) is 27.3 Å². The molecule has 166 valence electrons. The summed E-state index contributed by atoms with van der Waals surface area (Å²) < 4.78 is 54.7. The molecule has 0 spiro atoms. The van der Waals surface area contributed by atoms with Gasteiger partial charge >= 0.3 is 6.18 Å². The molecule has 2 aromatic carbocycles. The number of ether oxygens (including phenoxy) is 3. The number of hydrogen-bond donors (Lipinski definition) is 1. The number of hydrogen-bond acceptors (Lipinski definition) is 5. The van der Waals surface area contributed by atoms with Crippen LogP contribution in [-0.2, 0) is 6.54 Å². The predicted molar refractivity (Wildman–Crippen MR) is 109 cm³/mol. The van der Waals surface area contributed by atoms with E-state index in [0.29, 0.717) is 27.7 Å². The zero-order valence-corrected chi connectivity index (χ0v) is 17.6. The highest BCUT2D eigenvalue weighted by atomic mass is 35.5. The van der Waals surface area contributed by atoms with E-state index in [1.165, 1.54) is 39.3 Å². The maximum Gasteiger partial charge on any atom is 0.406 e. The summed E-state index contributed by atoms with van der Waals surface area (Å²) in [5, 5.41) is 0. The minimum Gasteiger partial charge on any atom is -0.496 e. The molecule has 0 unspecified atom stereocenters. The Morgan fingerprint density at radius 1 is 1.03 bits per heavy atom. The predicted octanol–water partition coefficient (Wildman–Crippen LogP) is 4.40. The molecule has 2 N–H and O–H groups in total. The van der Waals surface area contributed by atoms with E-state index in [9.17, 15) is 18.0 Å². The van der Waals surface area contributed by atoms with Gasteiger partial charge in [0.1, 0.15) is 18.0 Å². The van der Waals surface area contributed by atoms with E-state index in [2.05, 4.69) is 0 Å². The lowest BCUT2D eigenvalue weighted by atomic mass is 10.1. The van der Waals surface area contributed by atoms with Crippen LogP contribution in [0.25, 0.3) is 0 Å². The fourth-order valence-electron chi connectivity index (χ4n) is 2.77. The number of rotatable bonds is 8. The third-order valence-corrected chi connectivity index (χ3v) is 4.18. The van der Waals surface area contributed by atoms with Gasteiger partial charge in [0.05, 0.1) is 19.8 Å². The molecular weight excluding hydrogens is 425 g/mol. The smallest absolute Gasteiger partial charge is 0.406 e. The molecule has 0 aliphatic heterocycles. The minimum atomic E-state index is -4.49. The van der Waals surface area contributed by atoms with Crippen LogP contribution in [0.2, 0.25) is 0 Å². The van der Waals surface area contributed by atoms with Gasteiger partial charge in [0, 0.05) is 18.7 Å². The van der Waals surface area contributed by atoms with E-state index in [-0.39, 0.29) is 36.8 Å². The lowest BCUT2D eigenvalue weighted by Gasteiger charge is -2.23. The molecule has 6 nitrogen and oxygen atoms in total. The number of nitrogens with zero attached hydrogens (tertiary/aromatic N) is 1. The van der Waals surface area contributed by atoms with Crippen LogP contribution in [0.4, 0.5) is 13.2 Å². The maximum atomic E-state index is 12.7. The summed E-state index contributed by atoms with van der Waals surface area (Å²) in [6, 6.07) is 9.30. The van der Waals surface area contributed by atoms with Crippen LogP contribution in [0.5, 0.6) is 23.0 Å². The summed E-state index contributed by atoms with van der Waals surface area (Å²) in [5.41, 5.74) is 6.43. The Bertz CT molecular complexity index is 862. The number of methoxy groups -OCH3 is 2. The van der Waals surface area contributed by atoms with Crippen molar-refractivity contribution in [3.8, 4) is 23.0 Å². The first kappa shape index (κ1) is 25.4. The second-order valence-electron chi connectivity index (χ2n) is 6.04. The van der Waals surface area contributed by atoms with Crippen LogP contribution in [0, 0.1) is 0 Å². The molecule has 0 heterocycles. The van der Waals surface area contributed by atoms with Gasteiger partial charge in [-0.3, -0.25) is 4.79 Å². The molecule has 0 aliphatic rings. The molecule has 10 heteroatoms. The van der Waals surface area contributed by atoms with E-state index in [1.807, 2.05) is 0 Å². The van der Waals surface area contributed by atoms with Crippen LogP contribution >= 0.6 is 12.4 Å². The van der Waals surface area contributed by atoms with Gasteiger partial charge in [-0.05, 0) is 37.3 Å². The Kier molecular flexibility index (Phi) is 9.25. The van der Waals surface area contributed by atoms with Gasteiger partial charge in [-0.1, -0.05) is 6.07 Å². The number of carbonyl (C=O) groups excluding carboxylic acids is 1. The van der Waals surface area contributed by atoms with Gasteiger partial charge in [0.15, 0.2) is 11.5 Å². The molecule has 2 aromatic rings. The first-order valence-electron chi connectivity index (χ1n) is 8.81. The van der Waals surface area contributed by atoms with Crippen LogP contribution in [0.1, 0.15) is 22.8 Å². The summed E-state index contributed by atoms with van der Waals surface area (Å²) in [6.07, 6.45) is -4.49. The molecular formula is C20H24ClF3N2O4. The standard InChI is InChI=1S/C20H23F3N2O4.ClH/c1-4-25(12-20(21,22)23)19(26)13-8-9-17(28-3)18(10-13)29-16-7-5-6-15(27-2)14(16)11-24;/h5-10H,4,11-12,24H2,1-3H3;1H. The minimum absolute atomic E-state index is 0. The fraction of sp³-hybridized carbons (Fsp3) is 0.350. The average Bonchev–Trinajstić information content (AvgIpc) is 2.70. The molecule has 0 fully saturated rings. The molecule has 2 rings (SSSR count). The molecule has 0 saturated carbocycles. The highest BCUT2D eigenvalue weighted by Gasteiger charge is 2.33. The second kappa shape index (κ2) is 10.9. The van der Waals surface area contributed by atoms with Gasteiger partial charge in [-0.15, -0.1) is 12.4 Å². The topological polar surface area (TPSA) is 74.0 Å². The van der Waals surface area contributed by atoms with Crippen LogP contribution in [0.15, 0.2) is 36.4 Å². The highest BCUT2D eigenvalue weighted by molar-refractivity contribution is 5.95. The fourth-order valence-corrected chi connectivity index (χ4v) is 2.77. The molecule has 0 bridgehead atoms. The third-order valence-electron chi connectivity index (χ3n) is 4.18. The van der Waals surface area contributed by atoms with Crippen molar-refractivity contribution in [3.05, 3.63) is 47.5 Å². The summed E-state index contributed by atoms with van der Waals surface area (Å²) in [7, 11) is 2.92. The van der Waals surface area contributed by atoms with Crippen LogP contribution < -0.4 is 19.9 Å². The maximum absolute atomic E-state index is 12.7. The molecule has 1 amide bonds. The van der Waals surface area contributed by atoms with Crippen molar-refractivity contribution in [3.63, 3.8) is 0 Å². The number of nitrogens with two attached hydrogens (primary N) is 1. The lowest BCUT2D eigenvalue weighted by molar-refractivity contribution is -0.140. The Balaban J connectivity index is 0.00000450. The van der Waals surface area contributed by atoms with Crippen LogP contribution in [0.3, 0.4) is 0 Å². The summed E-state index contributed by atoms with van der Waals surface area (Å²) in [6.45, 7) is 0.190. The van der Waals surface area contributed by atoms with Gasteiger partial charge in [0.25, 0.3) is 5.91 Å². The van der Waals surface area contributed by atoms with Crippen molar-refractivity contribution in [2.24, 2.45) is 5.73 Å². The normalized spacial score (nSPS) is 10.8. The number of benzene rings is 2. The number of carbonyl (C=O) groups is 1. The van der Waals surface area contributed by atoms with Crippen molar-refractivity contribution in [1.29, 1.82) is 0 Å². The van der Waals surface area contributed by atoms with Crippen molar-refractivity contribution in [1.82, 2.24) is 4.90 Å². The van der Waals surface area contributed by atoms with Crippen molar-refractivity contribution < 1.29 is 32.2 Å². The number of alkyl halides is 3. The zero-order chi connectivity index (χ0) is 21.6. The van der Waals surface area contributed by atoms with E-state index in [4.69, 9.17) is 19.9 Å². The average molecular weight is 449 g/mol. The van der Waals surface area contributed by atoms with Crippen LogP contribution in [-0.4, -0.2) is 44.3 Å². The lowest BCUT2D eigenvalue weighted by Crippen LogP contribution is -2.38. The van der Waals surface area contributed by atoms with Gasteiger partial charge in [-0.25, -0.2) is 0 Å². The van der Waals surface area contributed by atoms with E-state index >= 15 is 0 Å². The molecule has 0 atom stereocenters. The second-order valence-corrected chi connectivity index (χ2v) is 6.04. The summed E-state index contributed by atoms with van der Waals surface area (Å²) in [5.74, 6) is 0.633. The molecule has 0 radical (unpaired) electrons. The van der Waals surface area contributed by atoms with Crippen molar-refractivity contribution >= 4 is 18.3 Å². The number of amides is 1. The first-order valence-corrected chi connectivity index (χ1v) is 8.81. The Morgan fingerprint density at radius 3 is 2.20 bits per heavy atom. The Labute approximate surface area is 179 Å². The monoisotopic (exact) mass is 448 g/mol. The molecule has 0 saturated heterocycles. The number of halogens is 4. The van der Waals surface area contributed by atoms with Crippen molar-refractivity contribution in [2.45, 2.75) is 19.6 Å². The van der Waals surface area contributed by atoms with E-state index in [1.54, 1.807) is 18.2 Å². The van der Waals surface area contributed by atoms with E-state index < -0.39 is 18.6 Å². The summed E-state index contributed by atoms with van der Waals surface area (Å²) in [4.78, 5) is 13.3. The molecule has 0 aromatic heterocycles. The summed E-state index contributed by atoms with van der Waals surface area (Å²) >= 11 is 0. The molecule has 0 aliphatic carbocycles. The van der Waals surface area contributed by atoms with Gasteiger partial charge in [-0.2, -0.15) is 13.2 Å². The third kappa shape index (κ3) is 6.17. The molecule has 30 heavy (non-hydrogen) atoms. The quantitative estimate of drug-likeness (QED) is 0.648. The first-order chi connectivity index (χ1) is 13.7. The highest BCUT2D eigenvalue weighted by Crippen LogP contribution is 2.37. The van der Waals surface area contributed by atoms with Gasteiger partial charge < -0.3 is 24.8 Å². The Morgan fingerprint density at radius 2 is 1.67 bits per heavy atom. The van der Waals surface area contributed by atoms with E-state index in [0.717, 1.165) is 0 Å². The SMILES string of the molecule is CCN(CC(F)(F)F)C(=O)c1ccc(OC)c(Oc2cccc(OC)c2CN)c1.Cl. The zero-order valence-electron chi connectivity index (χ0n) is 16.8. The van der Waals surface area contributed by atoms with Gasteiger partial charge in [0.2, 0.25) is 0 Å². The Hall–Kier alpha value is -2.65.